The van der Waals surface area contributed by atoms with Crippen molar-refractivity contribution < 1.29 is 14.3 Å². The Morgan fingerprint density at radius 3 is 2.60 bits per heavy atom. The van der Waals surface area contributed by atoms with Crippen LogP contribution in [0.25, 0.3) is 28.0 Å². The molecule has 0 saturated heterocycles. The van der Waals surface area contributed by atoms with Crippen LogP contribution in [0.5, 0.6) is 11.6 Å². The highest BCUT2D eigenvalue weighted by molar-refractivity contribution is 5.90. The second kappa shape index (κ2) is 6.94. The van der Waals surface area contributed by atoms with Gasteiger partial charge in [0.15, 0.2) is 5.52 Å². The molecular formula is C21H20N6O3. The second-order valence-corrected chi connectivity index (χ2v) is 7.27. The van der Waals surface area contributed by atoms with Crippen LogP contribution in [0, 0.1) is 0 Å². The van der Waals surface area contributed by atoms with Crippen molar-refractivity contribution in [1.29, 1.82) is 0 Å². The molecule has 3 heterocycles. The van der Waals surface area contributed by atoms with Crippen molar-refractivity contribution in [2.24, 2.45) is 7.05 Å². The van der Waals surface area contributed by atoms with Crippen molar-refractivity contribution >= 4 is 11.5 Å². The number of methoxy groups -OCH3 is 1. The average Bonchev–Trinajstić information content (AvgIpc) is 3.40. The van der Waals surface area contributed by atoms with E-state index in [9.17, 15) is 4.79 Å². The number of aromatic nitrogens is 6. The molecule has 9 nitrogen and oxygen atoms in total. The van der Waals surface area contributed by atoms with Gasteiger partial charge in [-0.05, 0) is 37.1 Å². The lowest BCUT2D eigenvalue weighted by molar-refractivity contribution is -0.132. The Hall–Kier alpha value is -3.75. The first-order valence-electron chi connectivity index (χ1n) is 9.65. The van der Waals surface area contributed by atoms with Crippen LogP contribution in [-0.2, 0) is 11.8 Å². The number of carbonyl (C=O) groups is 1. The molecule has 9 heteroatoms. The van der Waals surface area contributed by atoms with E-state index >= 15 is 0 Å². The van der Waals surface area contributed by atoms with Crippen molar-refractivity contribution in [1.82, 2.24) is 29.4 Å². The Labute approximate surface area is 172 Å². The molecule has 3 aromatic heterocycles. The van der Waals surface area contributed by atoms with E-state index in [0.717, 1.165) is 41.2 Å². The number of ether oxygens (including phenoxy) is 2. The fourth-order valence-electron chi connectivity index (χ4n) is 3.64. The summed E-state index contributed by atoms with van der Waals surface area (Å²) in [6, 6.07) is 7.76. The molecule has 1 aliphatic rings. The Morgan fingerprint density at radius 1 is 1.17 bits per heavy atom. The van der Waals surface area contributed by atoms with Gasteiger partial charge in [0.25, 0.3) is 5.88 Å². The predicted octanol–water partition coefficient (Wildman–Crippen LogP) is 3.00. The molecule has 1 aliphatic carbocycles. The van der Waals surface area contributed by atoms with Crippen LogP contribution in [0.1, 0.15) is 31.5 Å². The van der Waals surface area contributed by atoms with Gasteiger partial charge >= 0.3 is 5.97 Å². The number of hydrogen-bond acceptors (Lipinski definition) is 7. The number of nitrogens with zero attached hydrogens (tertiary/aromatic N) is 6. The molecule has 0 atom stereocenters. The van der Waals surface area contributed by atoms with Crippen molar-refractivity contribution in [3.05, 3.63) is 42.6 Å². The van der Waals surface area contributed by atoms with Gasteiger partial charge in [0.05, 0.1) is 19.0 Å². The summed E-state index contributed by atoms with van der Waals surface area (Å²) in [5.41, 5.74) is 3.88. The lowest BCUT2D eigenvalue weighted by Crippen LogP contribution is -2.07. The third kappa shape index (κ3) is 2.99. The number of imidazole rings is 1. The minimum atomic E-state index is -0.447. The maximum atomic E-state index is 11.7. The highest BCUT2D eigenvalue weighted by atomic mass is 16.5. The average molecular weight is 404 g/mol. The SMILES string of the molecule is COc1ccc(-c2c(-c3nc(C4CC4)n4ncnc(OC(C)=O)c34)cnn2C)cc1. The highest BCUT2D eigenvalue weighted by Crippen LogP contribution is 2.43. The third-order valence-electron chi connectivity index (χ3n) is 5.16. The molecule has 30 heavy (non-hydrogen) atoms. The Bertz CT molecular complexity index is 1250. The van der Waals surface area contributed by atoms with Crippen LogP contribution in [0.4, 0.5) is 0 Å². The first-order chi connectivity index (χ1) is 14.6. The number of benzene rings is 1. The third-order valence-corrected chi connectivity index (χ3v) is 5.16. The molecule has 0 aliphatic heterocycles. The van der Waals surface area contributed by atoms with Crippen LogP contribution < -0.4 is 9.47 Å². The van der Waals surface area contributed by atoms with Crippen molar-refractivity contribution in [2.75, 3.05) is 7.11 Å². The van der Waals surface area contributed by atoms with Crippen LogP contribution in [0.15, 0.2) is 36.8 Å². The molecule has 1 fully saturated rings. The van der Waals surface area contributed by atoms with E-state index in [1.165, 1.54) is 13.3 Å². The highest BCUT2D eigenvalue weighted by Gasteiger charge is 2.32. The largest absolute Gasteiger partial charge is 0.497 e. The minimum Gasteiger partial charge on any atom is -0.497 e. The summed E-state index contributed by atoms with van der Waals surface area (Å²) in [4.78, 5) is 20.8. The molecule has 0 bridgehead atoms. The van der Waals surface area contributed by atoms with Gasteiger partial charge < -0.3 is 9.47 Å². The monoisotopic (exact) mass is 404 g/mol. The Balaban J connectivity index is 1.75. The number of aryl methyl sites for hydroxylation is 1. The zero-order valence-corrected chi connectivity index (χ0v) is 16.9. The fraction of sp³-hybridized carbons (Fsp3) is 0.286. The summed E-state index contributed by atoms with van der Waals surface area (Å²) in [6.07, 6.45) is 5.27. The first kappa shape index (κ1) is 18.3. The van der Waals surface area contributed by atoms with Gasteiger partial charge in [0.1, 0.15) is 23.6 Å². The zero-order chi connectivity index (χ0) is 20.8. The smallest absolute Gasteiger partial charge is 0.309 e. The van der Waals surface area contributed by atoms with Gasteiger partial charge in [-0.15, -0.1) is 0 Å². The van der Waals surface area contributed by atoms with Crippen molar-refractivity contribution in [3.63, 3.8) is 0 Å². The molecule has 0 amide bonds. The van der Waals surface area contributed by atoms with E-state index in [2.05, 4.69) is 15.2 Å². The van der Waals surface area contributed by atoms with E-state index in [1.807, 2.05) is 31.3 Å². The lowest BCUT2D eigenvalue weighted by Gasteiger charge is -2.08. The molecule has 0 unspecified atom stereocenters. The molecular weight excluding hydrogens is 384 g/mol. The molecule has 5 rings (SSSR count). The first-order valence-corrected chi connectivity index (χ1v) is 9.65. The second-order valence-electron chi connectivity index (χ2n) is 7.27. The quantitative estimate of drug-likeness (QED) is 0.472. The maximum absolute atomic E-state index is 11.7. The van der Waals surface area contributed by atoms with E-state index < -0.39 is 5.97 Å². The van der Waals surface area contributed by atoms with Gasteiger partial charge in [-0.2, -0.15) is 15.2 Å². The van der Waals surface area contributed by atoms with Gasteiger partial charge in [-0.25, -0.2) is 9.50 Å². The van der Waals surface area contributed by atoms with Crippen LogP contribution >= 0.6 is 0 Å². The number of hydrogen-bond donors (Lipinski definition) is 0. The summed E-state index contributed by atoms with van der Waals surface area (Å²) in [5, 5.41) is 8.86. The Kier molecular flexibility index (Phi) is 4.23. The van der Waals surface area contributed by atoms with Crippen LogP contribution in [0.2, 0.25) is 0 Å². The van der Waals surface area contributed by atoms with E-state index in [4.69, 9.17) is 14.5 Å². The normalized spacial score (nSPS) is 13.6. The summed E-state index contributed by atoms with van der Waals surface area (Å²) >= 11 is 0. The molecule has 1 aromatic carbocycles. The van der Waals surface area contributed by atoms with Crippen LogP contribution in [-0.4, -0.2) is 42.4 Å². The maximum Gasteiger partial charge on any atom is 0.309 e. The van der Waals surface area contributed by atoms with Gasteiger partial charge in [-0.3, -0.25) is 9.48 Å². The van der Waals surface area contributed by atoms with Crippen LogP contribution in [0.3, 0.4) is 0 Å². The minimum absolute atomic E-state index is 0.191. The van der Waals surface area contributed by atoms with Crippen molar-refractivity contribution in [2.45, 2.75) is 25.7 Å². The summed E-state index contributed by atoms with van der Waals surface area (Å²) < 4.78 is 14.2. The summed E-state index contributed by atoms with van der Waals surface area (Å²) in [7, 11) is 3.52. The molecule has 0 N–H and O–H groups in total. The number of esters is 1. The number of fused-ring (bicyclic) bond motifs is 1. The van der Waals surface area contributed by atoms with Crippen molar-refractivity contribution in [3.8, 4) is 34.1 Å². The van der Waals surface area contributed by atoms with E-state index in [1.54, 1.807) is 22.5 Å². The Morgan fingerprint density at radius 2 is 1.93 bits per heavy atom. The van der Waals surface area contributed by atoms with E-state index in [-0.39, 0.29) is 5.88 Å². The van der Waals surface area contributed by atoms with Gasteiger partial charge in [0.2, 0.25) is 0 Å². The molecule has 1 saturated carbocycles. The molecule has 152 valence electrons. The molecule has 4 aromatic rings. The van der Waals surface area contributed by atoms with Gasteiger partial charge in [-0.1, -0.05) is 0 Å². The summed E-state index contributed by atoms with van der Waals surface area (Å²) in [6.45, 7) is 1.35. The molecule has 0 radical (unpaired) electrons. The standard InChI is InChI=1S/C21H20N6O3/c1-12(28)30-21-19-17(25-20(14-4-5-14)27(19)24-11-22-21)16-10-23-26(2)18(16)13-6-8-15(29-3)9-7-13/h6-11,14H,4-5H2,1-3H3. The molecule has 0 spiro atoms. The summed E-state index contributed by atoms with van der Waals surface area (Å²) in [5.74, 6) is 1.71. The fourth-order valence-corrected chi connectivity index (χ4v) is 3.64. The lowest BCUT2D eigenvalue weighted by atomic mass is 10.1. The number of rotatable bonds is 5. The predicted molar refractivity (Wildman–Crippen MR) is 108 cm³/mol. The number of carbonyl (C=O) groups excluding carboxylic acids is 1. The van der Waals surface area contributed by atoms with Gasteiger partial charge in [0, 0.05) is 31.0 Å². The topological polar surface area (TPSA) is 96.4 Å². The zero-order valence-electron chi connectivity index (χ0n) is 16.9. The van der Waals surface area contributed by atoms with E-state index in [0.29, 0.717) is 17.1 Å².